The normalized spacial score (nSPS) is 16.2. The number of urea groups is 1. The third-order valence-electron chi connectivity index (χ3n) is 4.66. The van der Waals surface area contributed by atoms with Gasteiger partial charge in [0.05, 0.1) is 7.11 Å². The maximum absolute atomic E-state index is 12.8. The van der Waals surface area contributed by atoms with Crippen LogP contribution in [0.3, 0.4) is 0 Å². The predicted octanol–water partition coefficient (Wildman–Crippen LogP) is 4.88. The molecule has 2 amide bonds. The van der Waals surface area contributed by atoms with Gasteiger partial charge in [-0.05, 0) is 55.3 Å². The molecule has 1 atom stereocenters. The highest BCUT2D eigenvalue weighted by atomic mass is 79.9. The van der Waals surface area contributed by atoms with Crippen LogP contribution in [0.1, 0.15) is 24.8 Å². The maximum Gasteiger partial charge on any atom is 0.322 e. The average molecular weight is 443 g/mol. The number of nitrogens with zero attached hydrogens (tertiary/aromatic N) is 3. The number of carbonyl (C=O) groups excluding carboxylic acids is 1. The molecule has 0 spiro atoms. The quantitative estimate of drug-likeness (QED) is 0.622. The molecule has 1 N–H and O–H groups in total. The summed E-state index contributed by atoms with van der Waals surface area (Å²) in [5.74, 6) is 1.71. The highest BCUT2D eigenvalue weighted by Crippen LogP contribution is 2.33. The fourth-order valence-corrected chi connectivity index (χ4v) is 3.66. The molecule has 0 radical (unpaired) electrons. The first-order valence-corrected chi connectivity index (χ1v) is 9.74. The number of hydrogen-bond donors (Lipinski definition) is 1. The van der Waals surface area contributed by atoms with Gasteiger partial charge >= 0.3 is 6.03 Å². The molecule has 0 saturated carbocycles. The summed E-state index contributed by atoms with van der Waals surface area (Å²) in [5, 5.41) is 7.01. The van der Waals surface area contributed by atoms with Crippen LogP contribution in [0.15, 0.2) is 57.5 Å². The Bertz CT molecular complexity index is 974. The van der Waals surface area contributed by atoms with Crippen molar-refractivity contribution in [3.05, 3.63) is 58.9 Å². The van der Waals surface area contributed by atoms with E-state index in [0.29, 0.717) is 18.3 Å². The van der Waals surface area contributed by atoms with Crippen molar-refractivity contribution >= 4 is 27.6 Å². The SMILES string of the molecule is COc1ccc(-c2noc(C3CCCN3C(=O)Nc3cccc(Br)c3)n2)cc1. The minimum absolute atomic E-state index is 0.176. The van der Waals surface area contributed by atoms with Crippen LogP contribution in [0.2, 0.25) is 0 Å². The van der Waals surface area contributed by atoms with Gasteiger partial charge in [-0.1, -0.05) is 27.2 Å². The van der Waals surface area contributed by atoms with Gasteiger partial charge < -0.3 is 19.5 Å². The maximum atomic E-state index is 12.8. The number of ether oxygens (including phenoxy) is 1. The summed E-state index contributed by atoms with van der Waals surface area (Å²) in [6.45, 7) is 0.644. The van der Waals surface area contributed by atoms with Crippen molar-refractivity contribution in [3.8, 4) is 17.1 Å². The zero-order valence-corrected chi connectivity index (χ0v) is 16.8. The average Bonchev–Trinajstić information content (AvgIpc) is 3.37. The van der Waals surface area contributed by atoms with E-state index in [2.05, 4.69) is 31.4 Å². The number of rotatable bonds is 4. The van der Waals surface area contributed by atoms with Gasteiger partial charge in [0.2, 0.25) is 11.7 Å². The Hall–Kier alpha value is -2.87. The van der Waals surface area contributed by atoms with Crippen molar-refractivity contribution in [3.63, 3.8) is 0 Å². The first kappa shape index (κ1) is 18.5. The van der Waals surface area contributed by atoms with E-state index >= 15 is 0 Å². The van der Waals surface area contributed by atoms with Gasteiger partial charge in [0.1, 0.15) is 11.8 Å². The molecule has 1 aromatic heterocycles. The largest absolute Gasteiger partial charge is 0.497 e. The van der Waals surface area contributed by atoms with Crippen molar-refractivity contribution in [2.45, 2.75) is 18.9 Å². The number of benzene rings is 2. The lowest BCUT2D eigenvalue weighted by atomic mass is 10.2. The van der Waals surface area contributed by atoms with Gasteiger partial charge in [0.15, 0.2) is 0 Å². The van der Waals surface area contributed by atoms with Crippen LogP contribution < -0.4 is 10.1 Å². The van der Waals surface area contributed by atoms with Crippen molar-refractivity contribution in [2.75, 3.05) is 19.0 Å². The predicted molar refractivity (Wildman–Crippen MR) is 108 cm³/mol. The van der Waals surface area contributed by atoms with Crippen LogP contribution in [-0.2, 0) is 0 Å². The van der Waals surface area contributed by atoms with E-state index in [-0.39, 0.29) is 12.1 Å². The van der Waals surface area contributed by atoms with Crippen LogP contribution >= 0.6 is 15.9 Å². The highest BCUT2D eigenvalue weighted by Gasteiger charge is 2.34. The summed E-state index contributed by atoms with van der Waals surface area (Å²) in [4.78, 5) is 19.0. The Labute approximate surface area is 170 Å². The van der Waals surface area contributed by atoms with Crippen LogP contribution in [0.5, 0.6) is 5.75 Å². The molecule has 0 aliphatic carbocycles. The van der Waals surface area contributed by atoms with Crippen molar-refractivity contribution in [1.29, 1.82) is 0 Å². The van der Waals surface area contributed by atoms with Crippen molar-refractivity contribution in [2.24, 2.45) is 0 Å². The minimum Gasteiger partial charge on any atom is -0.497 e. The Morgan fingerprint density at radius 1 is 1.29 bits per heavy atom. The van der Waals surface area contributed by atoms with E-state index in [9.17, 15) is 4.79 Å². The van der Waals surface area contributed by atoms with E-state index in [1.54, 1.807) is 12.0 Å². The summed E-state index contributed by atoms with van der Waals surface area (Å²) in [6, 6.07) is 14.5. The second kappa shape index (κ2) is 8.02. The fraction of sp³-hybridized carbons (Fsp3) is 0.250. The molecular formula is C20H19BrN4O3. The molecule has 8 heteroatoms. The number of hydrogen-bond acceptors (Lipinski definition) is 5. The Kier molecular flexibility index (Phi) is 5.29. The molecule has 0 bridgehead atoms. The number of halogens is 1. The lowest BCUT2D eigenvalue weighted by molar-refractivity contribution is 0.193. The summed E-state index contributed by atoms with van der Waals surface area (Å²) in [6.07, 6.45) is 1.67. The molecule has 1 saturated heterocycles. The second-order valence-electron chi connectivity index (χ2n) is 6.48. The molecule has 1 unspecified atom stereocenters. The molecular weight excluding hydrogens is 424 g/mol. The molecule has 4 rings (SSSR count). The van der Waals surface area contributed by atoms with Gasteiger partial charge in [-0.2, -0.15) is 4.98 Å². The van der Waals surface area contributed by atoms with Crippen molar-refractivity contribution < 1.29 is 14.1 Å². The van der Waals surface area contributed by atoms with E-state index in [4.69, 9.17) is 9.26 Å². The molecule has 1 fully saturated rings. The van der Waals surface area contributed by atoms with Crippen LogP contribution in [0, 0.1) is 0 Å². The summed E-state index contributed by atoms with van der Waals surface area (Å²) in [7, 11) is 1.62. The molecule has 144 valence electrons. The summed E-state index contributed by atoms with van der Waals surface area (Å²) in [5.41, 5.74) is 1.56. The second-order valence-corrected chi connectivity index (χ2v) is 7.39. The van der Waals surface area contributed by atoms with Gasteiger partial charge in [-0.15, -0.1) is 0 Å². The molecule has 28 heavy (non-hydrogen) atoms. The number of methoxy groups -OCH3 is 1. The topological polar surface area (TPSA) is 80.5 Å². The number of carbonyl (C=O) groups is 1. The molecule has 1 aliphatic rings. The Morgan fingerprint density at radius 3 is 2.86 bits per heavy atom. The smallest absolute Gasteiger partial charge is 0.322 e. The highest BCUT2D eigenvalue weighted by molar-refractivity contribution is 9.10. The molecule has 1 aliphatic heterocycles. The summed E-state index contributed by atoms with van der Waals surface area (Å²) >= 11 is 3.41. The minimum atomic E-state index is -0.230. The zero-order chi connectivity index (χ0) is 19.5. The standard InChI is InChI=1S/C20H19BrN4O3/c1-27-16-9-7-13(8-10-16)18-23-19(28-24-18)17-6-3-11-25(17)20(26)22-15-5-2-4-14(21)12-15/h2,4-5,7-10,12,17H,3,6,11H2,1H3,(H,22,26). The van der Waals surface area contributed by atoms with Gasteiger partial charge in [0.25, 0.3) is 0 Å². The number of aromatic nitrogens is 2. The van der Waals surface area contributed by atoms with Crippen LogP contribution in [0.25, 0.3) is 11.4 Å². The molecule has 3 aromatic rings. The number of likely N-dealkylation sites (tertiary alicyclic amines) is 1. The van der Waals surface area contributed by atoms with Gasteiger partial charge in [-0.3, -0.25) is 0 Å². The third kappa shape index (κ3) is 3.87. The zero-order valence-electron chi connectivity index (χ0n) is 15.3. The van der Waals surface area contributed by atoms with E-state index in [0.717, 1.165) is 34.3 Å². The number of amides is 2. The van der Waals surface area contributed by atoms with Crippen LogP contribution in [-0.4, -0.2) is 34.7 Å². The molecule has 2 aromatic carbocycles. The lowest BCUT2D eigenvalue weighted by Gasteiger charge is -2.22. The molecule has 2 heterocycles. The van der Waals surface area contributed by atoms with Gasteiger partial charge in [-0.25, -0.2) is 4.79 Å². The van der Waals surface area contributed by atoms with Crippen LogP contribution in [0.4, 0.5) is 10.5 Å². The first-order valence-electron chi connectivity index (χ1n) is 8.95. The Balaban J connectivity index is 1.50. The summed E-state index contributed by atoms with van der Waals surface area (Å²) < 4.78 is 11.6. The number of anilines is 1. The fourth-order valence-electron chi connectivity index (χ4n) is 3.26. The monoisotopic (exact) mass is 442 g/mol. The third-order valence-corrected chi connectivity index (χ3v) is 5.16. The molecule has 7 nitrogen and oxygen atoms in total. The van der Waals surface area contributed by atoms with E-state index in [1.165, 1.54) is 0 Å². The van der Waals surface area contributed by atoms with E-state index < -0.39 is 0 Å². The lowest BCUT2D eigenvalue weighted by Crippen LogP contribution is -2.34. The van der Waals surface area contributed by atoms with Gasteiger partial charge in [0, 0.05) is 22.3 Å². The first-order chi connectivity index (χ1) is 13.6. The van der Waals surface area contributed by atoms with Crippen molar-refractivity contribution in [1.82, 2.24) is 15.0 Å². The van der Waals surface area contributed by atoms with E-state index in [1.807, 2.05) is 48.5 Å². The Morgan fingerprint density at radius 2 is 2.11 bits per heavy atom. The number of nitrogens with one attached hydrogen (secondary N) is 1.